The maximum absolute atomic E-state index is 12.7. The molecule has 1 saturated heterocycles. The summed E-state index contributed by atoms with van der Waals surface area (Å²) in [4.78, 5) is 25.6. The minimum Gasteiger partial charge on any atom is -0.493 e. The van der Waals surface area contributed by atoms with E-state index in [2.05, 4.69) is 15.3 Å². The molecule has 32 heavy (non-hydrogen) atoms. The summed E-state index contributed by atoms with van der Waals surface area (Å²) in [6.45, 7) is 1.34. The Hall–Kier alpha value is -3.55. The molecule has 0 aliphatic carbocycles. The molecule has 1 aromatic heterocycles. The van der Waals surface area contributed by atoms with Crippen molar-refractivity contribution < 1.29 is 14.3 Å². The number of anilines is 2. The van der Waals surface area contributed by atoms with Gasteiger partial charge in [-0.25, -0.2) is 14.8 Å². The summed E-state index contributed by atoms with van der Waals surface area (Å²) in [5, 5.41) is 3.97. The summed E-state index contributed by atoms with van der Waals surface area (Å²) < 4.78 is 10.9. The van der Waals surface area contributed by atoms with Gasteiger partial charge in [-0.2, -0.15) is 0 Å². The van der Waals surface area contributed by atoms with Crippen LogP contribution in [0.3, 0.4) is 0 Å². The minimum absolute atomic E-state index is 0.0694. The average molecular weight is 436 g/mol. The van der Waals surface area contributed by atoms with E-state index in [-0.39, 0.29) is 11.9 Å². The van der Waals surface area contributed by atoms with E-state index in [4.69, 9.17) is 9.47 Å². The number of amides is 2. The molecule has 2 amide bonds. The SMILES string of the molecule is COc1cc2ncnc(C3CCN(C(=O)Nc4ccc(N(C)C)cc4)CC3)c2cc1OC. The highest BCUT2D eigenvalue weighted by Crippen LogP contribution is 2.36. The summed E-state index contributed by atoms with van der Waals surface area (Å²) in [7, 11) is 7.22. The first-order chi connectivity index (χ1) is 15.5. The zero-order chi connectivity index (χ0) is 22.7. The molecule has 8 heteroatoms. The lowest BCUT2D eigenvalue weighted by atomic mass is 9.91. The van der Waals surface area contributed by atoms with E-state index < -0.39 is 0 Å². The molecule has 0 spiro atoms. The van der Waals surface area contributed by atoms with Gasteiger partial charge in [-0.05, 0) is 43.2 Å². The molecule has 1 aliphatic rings. The van der Waals surface area contributed by atoms with Crippen LogP contribution < -0.4 is 19.7 Å². The minimum atomic E-state index is -0.0694. The molecular formula is C24H29N5O3. The third-order valence-electron chi connectivity index (χ3n) is 5.98. The van der Waals surface area contributed by atoms with Crippen LogP contribution in [0.5, 0.6) is 11.5 Å². The molecular weight excluding hydrogens is 406 g/mol. The summed E-state index contributed by atoms with van der Waals surface area (Å²) >= 11 is 0. The normalized spacial score (nSPS) is 14.3. The molecule has 1 aliphatic heterocycles. The largest absolute Gasteiger partial charge is 0.493 e. The Bertz CT molecular complexity index is 1090. The van der Waals surface area contributed by atoms with Gasteiger partial charge in [0.2, 0.25) is 0 Å². The highest BCUT2D eigenvalue weighted by Gasteiger charge is 2.26. The number of hydrogen-bond acceptors (Lipinski definition) is 6. The highest BCUT2D eigenvalue weighted by molar-refractivity contribution is 5.89. The van der Waals surface area contributed by atoms with Crippen LogP contribution in [0.1, 0.15) is 24.5 Å². The van der Waals surface area contributed by atoms with Gasteiger partial charge in [0.15, 0.2) is 11.5 Å². The average Bonchev–Trinajstić information content (AvgIpc) is 2.83. The smallest absolute Gasteiger partial charge is 0.321 e. The van der Waals surface area contributed by atoms with Gasteiger partial charge in [0.1, 0.15) is 6.33 Å². The Kier molecular flexibility index (Phi) is 6.30. The Morgan fingerprint density at radius 1 is 1.03 bits per heavy atom. The van der Waals surface area contributed by atoms with Crippen molar-refractivity contribution in [1.29, 1.82) is 0 Å². The molecule has 0 unspecified atom stereocenters. The molecule has 0 atom stereocenters. The number of likely N-dealkylation sites (tertiary alicyclic amines) is 1. The monoisotopic (exact) mass is 435 g/mol. The molecule has 1 fully saturated rings. The van der Waals surface area contributed by atoms with E-state index >= 15 is 0 Å². The summed E-state index contributed by atoms with van der Waals surface area (Å²) in [6, 6.07) is 11.6. The lowest BCUT2D eigenvalue weighted by molar-refractivity contribution is 0.194. The van der Waals surface area contributed by atoms with Crippen LogP contribution in [0.2, 0.25) is 0 Å². The second-order valence-corrected chi connectivity index (χ2v) is 8.12. The number of carbonyl (C=O) groups is 1. The molecule has 4 rings (SSSR count). The highest BCUT2D eigenvalue weighted by atomic mass is 16.5. The van der Waals surface area contributed by atoms with Gasteiger partial charge in [-0.1, -0.05) is 0 Å². The Labute approximate surface area is 188 Å². The third kappa shape index (κ3) is 4.39. The van der Waals surface area contributed by atoms with Crippen molar-refractivity contribution in [3.05, 3.63) is 48.4 Å². The van der Waals surface area contributed by atoms with Gasteiger partial charge in [0.25, 0.3) is 0 Å². The first-order valence-electron chi connectivity index (χ1n) is 10.7. The maximum atomic E-state index is 12.7. The fourth-order valence-electron chi connectivity index (χ4n) is 4.13. The number of rotatable bonds is 5. The van der Waals surface area contributed by atoms with E-state index in [9.17, 15) is 4.79 Å². The molecule has 0 saturated carbocycles. The topological polar surface area (TPSA) is 79.8 Å². The quantitative estimate of drug-likeness (QED) is 0.649. The van der Waals surface area contributed by atoms with Crippen molar-refractivity contribution in [1.82, 2.24) is 14.9 Å². The van der Waals surface area contributed by atoms with Crippen molar-refractivity contribution >= 4 is 28.3 Å². The zero-order valence-electron chi connectivity index (χ0n) is 19.0. The number of hydrogen-bond donors (Lipinski definition) is 1. The first kappa shape index (κ1) is 21.7. The van der Waals surface area contributed by atoms with Crippen molar-refractivity contribution in [2.45, 2.75) is 18.8 Å². The van der Waals surface area contributed by atoms with Crippen molar-refractivity contribution in [3.63, 3.8) is 0 Å². The van der Waals surface area contributed by atoms with Crippen LogP contribution in [0.15, 0.2) is 42.7 Å². The molecule has 168 valence electrons. The second-order valence-electron chi connectivity index (χ2n) is 8.12. The van der Waals surface area contributed by atoms with Gasteiger partial charge in [-0.3, -0.25) is 0 Å². The van der Waals surface area contributed by atoms with E-state index in [1.54, 1.807) is 20.5 Å². The van der Waals surface area contributed by atoms with E-state index in [1.807, 2.05) is 60.3 Å². The van der Waals surface area contributed by atoms with Crippen LogP contribution in [-0.4, -0.2) is 62.3 Å². The molecule has 2 heterocycles. The predicted octanol–water partition coefficient (Wildman–Crippen LogP) is 4.12. The molecule has 0 bridgehead atoms. The predicted molar refractivity (Wildman–Crippen MR) is 126 cm³/mol. The zero-order valence-corrected chi connectivity index (χ0v) is 19.0. The molecule has 0 radical (unpaired) electrons. The third-order valence-corrected chi connectivity index (χ3v) is 5.98. The summed E-state index contributed by atoms with van der Waals surface area (Å²) in [6.07, 6.45) is 3.28. The maximum Gasteiger partial charge on any atom is 0.321 e. The van der Waals surface area contributed by atoms with E-state index in [0.717, 1.165) is 40.8 Å². The van der Waals surface area contributed by atoms with Crippen LogP contribution in [0, 0.1) is 0 Å². The number of nitrogens with one attached hydrogen (secondary N) is 1. The molecule has 2 aromatic carbocycles. The molecule has 8 nitrogen and oxygen atoms in total. The number of benzene rings is 2. The standard InChI is InChI=1S/C24H29N5O3/c1-28(2)18-7-5-17(6-8-18)27-24(30)29-11-9-16(10-12-29)23-19-13-21(31-3)22(32-4)14-20(19)25-15-26-23/h5-8,13-16H,9-12H2,1-4H3,(H,27,30). The fourth-order valence-corrected chi connectivity index (χ4v) is 4.13. The number of ether oxygens (including phenoxy) is 2. The van der Waals surface area contributed by atoms with Crippen molar-refractivity contribution in [3.8, 4) is 11.5 Å². The number of methoxy groups -OCH3 is 2. The fraction of sp³-hybridized carbons (Fsp3) is 0.375. The molecule has 3 aromatic rings. The first-order valence-corrected chi connectivity index (χ1v) is 10.7. The van der Waals surface area contributed by atoms with Crippen molar-refractivity contribution in [2.75, 3.05) is 51.6 Å². The van der Waals surface area contributed by atoms with Gasteiger partial charge < -0.3 is 24.6 Å². The Morgan fingerprint density at radius 3 is 2.31 bits per heavy atom. The lowest BCUT2D eigenvalue weighted by Gasteiger charge is -2.32. The van der Waals surface area contributed by atoms with Gasteiger partial charge in [0, 0.05) is 55.9 Å². The lowest BCUT2D eigenvalue weighted by Crippen LogP contribution is -2.40. The summed E-state index contributed by atoms with van der Waals surface area (Å²) in [5.74, 6) is 1.56. The second kappa shape index (κ2) is 9.30. The number of piperidine rings is 1. The van der Waals surface area contributed by atoms with E-state index in [0.29, 0.717) is 24.6 Å². The van der Waals surface area contributed by atoms with Gasteiger partial charge >= 0.3 is 6.03 Å². The Balaban J connectivity index is 1.44. The number of urea groups is 1. The van der Waals surface area contributed by atoms with Gasteiger partial charge in [-0.15, -0.1) is 0 Å². The van der Waals surface area contributed by atoms with Crippen LogP contribution in [0.25, 0.3) is 10.9 Å². The Morgan fingerprint density at radius 2 is 1.69 bits per heavy atom. The van der Waals surface area contributed by atoms with Crippen LogP contribution in [0.4, 0.5) is 16.2 Å². The van der Waals surface area contributed by atoms with Gasteiger partial charge in [0.05, 0.1) is 25.4 Å². The van der Waals surface area contributed by atoms with Crippen LogP contribution in [-0.2, 0) is 0 Å². The van der Waals surface area contributed by atoms with E-state index in [1.165, 1.54) is 0 Å². The number of aromatic nitrogens is 2. The van der Waals surface area contributed by atoms with Crippen LogP contribution >= 0.6 is 0 Å². The number of carbonyl (C=O) groups excluding carboxylic acids is 1. The number of nitrogens with zero attached hydrogens (tertiary/aromatic N) is 4. The summed E-state index contributed by atoms with van der Waals surface area (Å²) in [5.41, 5.74) is 3.71. The van der Waals surface area contributed by atoms with Crippen molar-refractivity contribution in [2.24, 2.45) is 0 Å². The number of fused-ring (bicyclic) bond motifs is 1. The molecule has 1 N–H and O–H groups in total.